The fourth-order valence-electron chi connectivity index (χ4n) is 1.45. The number of carboxylic acids is 1. The van der Waals surface area contributed by atoms with E-state index in [0.717, 1.165) is 23.1 Å². The van der Waals surface area contributed by atoms with Gasteiger partial charge in [-0.25, -0.2) is 4.79 Å². The second-order valence-electron chi connectivity index (χ2n) is 3.18. The predicted molar refractivity (Wildman–Crippen MR) is 57.1 cm³/mol. The standard InChI is InChI=1S/C12H14O2/c1-3-10(8-12(13)14)11-7-5-4-6-9(11)2/h4-8H,3H2,1-2H3,(H,13,14)/b10-8-. The molecule has 2 heteroatoms. The summed E-state index contributed by atoms with van der Waals surface area (Å²) in [5, 5.41) is 8.69. The first-order valence-electron chi connectivity index (χ1n) is 4.64. The SMILES string of the molecule is CC/C(=C/C(=O)O)c1ccccc1C. The van der Waals surface area contributed by atoms with E-state index in [4.69, 9.17) is 5.11 Å². The Morgan fingerprint density at radius 3 is 2.57 bits per heavy atom. The molecular weight excluding hydrogens is 176 g/mol. The maximum Gasteiger partial charge on any atom is 0.328 e. The fourth-order valence-corrected chi connectivity index (χ4v) is 1.45. The average molecular weight is 190 g/mol. The number of rotatable bonds is 3. The van der Waals surface area contributed by atoms with Crippen LogP contribution < -0.4 is 0 Å². The molecule has 2 nitrogen and oxygen atoms in total. The number of benzene rings is 1. The molecule has 0 fully saturated rings. The van der Waals surface area contributed by atoms with Crippen molar-refractivity contribution in [3.8, 4) is 0 Å². The van der Waals surface area contributed by atoms with E-state index in [9.17, 15) is 4.79 Å². The minimum atomic E-state index is -0.884. The van der Waals surface area contributed by atoms with Crippen LogP contribution in [0, 0.1) is 6.92 Å². The van der Waals surface area contributed by atoms with Crippen LogP contribution in [0.4, 0.5) is 0 Å². The van der Waals surface area contributed by atoms with Gasteiger partial charge in [-0.2, -0.15) is 0 Å². The molecule has 0 heterocycles. The summed E-state index contributed by atoms with van der Waals surface area (Å²) >= 11 is 0. The maximum atomic E-state index is 10.6. The van der Waals surface area contributed by atoms with E-state index in [2.05, 4.69) is 0 Å². The molecule has 1 aromatic carbocycles. The third kappa shape index (κ3) is 2.46. The predicted octanol–water partition coefficient (Wildman–Crippen LogP) is 2.87. The number of hydrogen-bond acceptors (Lipinski definition) is 1. The first kappa shape index (κ1) is 10.5. The van der Waals surface area contributed by atoms with Crippen LogP contribution >= 0.6 is 0 Å². The van der Waals surface area contributed by atoms with Crippen molar-refractivity contribution < 1.29 is 9.90 Å². The van der Waals surface area contributed by atoms with Gasteiger partial charge in [-0.05, 0) is 30.0 Å². The van der Waals surface area contributed by atoms with Gasteiger partial charge in [0.15, 0.2) is 0 Å². The summed E-state index contributed by atoms with van der Waals surface area (Å²) in [6, 6.07) is 7.81. The molecule has 0 amide bonds. The summed E-state index contributed by atoms with van der Waals surface area (Å²) in [6.45, 7) is 3.95. The van der Waals surface area contributed by atoms with Crippen molar-refractivity contribution in [2.24, 2.45) is 0 Å². The smallest absolute Gasteiger partial charge is 0.328 e. The zero-order valence-electron chi connectivity index (χ0n) is 8.45. The summed E-state index contributed by atoms with van der Waals surface area (Å²) < 4.78 is 0. The van der Waals surface area contributed by atoms with E-state index in [-0.39, 0.29) is 0 Å². The first-order chi connectivity index (χ1) is 6.65. The van der Waals surface area contributed by atoms with Crippen LogP contribution in [0.15, 0.2) is 30.3 Å². The van der Waals surface area contributed by atoms with Crippen LogP contribution in [0.1, 0.15) is 24.5 Å². The molecule has 0 saturated heterocycles. The van der Waals surface area contributed by atoms with Gasteiger partial charge in [0.2, 0.25) is 0 Å². The van der Waals surface area contributed by atoms with Crippen molar-refractivity contribution in [1.29, 1.82) is 0 Å². The number of carboxylic acid groups (broad SMARTS) is 1. The molecular formula is C12H14O2. The van der Waals surface area contributed by atoms with Crippen LogP contribution in [0.25, 0.3) is 5.57 Å². The highest BCUT2D eigenvalue weighted by Gasteiger charge is 2.03. The van der Waals surface area contributed by atoms with E-state index in [1.807, 2.05) is 38.1 Å². The molecule has 0 aliphatic rings. The summed E-state index contributed by atoms with van der Waals surface area (Å²) in [4.78, 5) is 10.6. The molecule has 0 unspecified atom stereocenters. The fraction of sp³-hybridized carbons (Fsp3) is 0.250. The molecule has 0 radical (unpaired) electrons. The Hall–Kier alpha value is -1.57. The van der Waals surface area contributed by atoms with Gasteiger partial charge in [-0.3, -0.25) is 0 Å². The maximum absolute atomic E-state index is 10.6. The van der Waals surface area contributed by atoms with Crippen molar-refractivity contribution in [2.75, 3.05) is 0 Å². The van der Waals surface area contributed by atoms with Gasteiger partial charge in [0.05, 0.1) is 0 Å². The second kappa shape index (κ2) is 4.61. The molecule has 0 aliphatic carbocycles. The lowest BCUT2D eigenvalue weighted by atomic mass is 9.98. The minimum absolute atomic E-state index is 0.733. The van der Waals surface area contributed by atoms with Crippen LogP contribution in [-0.2, 0) is 4.79 Å². The highest BCUT2D eigenvalue weighted by atomic mass is 16.4. The van der Waals surface area contributed by atoms with Crippen molar-refractivity contribution in [1.82, 2.24) is 0 Å². The molecule has 0 spiro atoms. The molecule has 14 heavy (non-hydrogen) atoms. The van der Waals surface area contributed by atoms with Gasteiger partial charge < -0.3 is 5.11 Å². The topological polar surface area (TPSA) is 37.3 Å². The number of hydrogen-bond donors (Lipinski definition) is 1. The van der Waals surface area contributed by atoms with Crippen LogP contribution in [0.5, 0.6) is 0 Å². The largest absolute Gasteiger partial charge is 0.478 e. The van der Waals surface area contributed by atoms with Crippen molar-refractivity contribution >= 4 is 11.5 Å². The van der Waals surface area contributed by atoms with Gasteiger partial charge in [-0.1, -0.05) is 31.2 Å². The quantitative estimate of drug-likeness (QED) is 0.744. The van der Waals surface area contributed by atoms with E-state index in [0.29, 0.717) is 0 Å². The van der Waals surface area contributed by atoms with Crippen molar-refractivity contribution in [2.45, 2.75) is 20.3 Å². The Morgan fingerprint density at radius 2 is 2.07 bits per heavy atom. The zero-order chi connectivity index (χ0) is 10.6. The number of allylic oxidation sites excluding steroid dienone is 1. The second-order valence-corrected chi connectivity index (χ2v) is 3.18. The van der Waals surface area contributed by atoms with Gasteiger partial charge in [0.1, 0.15) is 0 Å². The van der Waals surface area contributed by atoms with Gasteiger partial charge in [0, 0.05) is 6.08 Å². The highest BCUT2D eigenvalue weighted by Crippen LogP contribution is 2.21. The van der Waals surface area contributed by atoms with Crippen molar-refractivity contribution in [3.63, 3.8) is 0 Å². The summed E-state index contributed by atoms with van der Waals surface area (Å²) in [6.07, 6.45) is 2.01. The van der Waals surface area contributed by atoms with E-state index >= 15 is 0 Å². The Morgan fingerprint density at radius 1 is 1.43 bits per heavy atom. The minimum Gasteiger partial charge on any atom is -0.478 e. The highest BCUT2D eigenvalue weighted by molar-refractivity contribution is 5.90. The monoisotopic (exact) mass is 190 g/mol. The van der Waals surface area contributed by atoms with Gasteiger partial charge in [0.25, 0.3) is 0 Å². The van der Waals surface area contributed by atoms with Crippen LogP contribution in [-0.4, -0.2) is 11.1 Å². The average Bonchev–Trinajstić information content (AvgIpc) is 2.15. The molecule has 74 valence electrons. The Kier molecular flexibility index (Phi) is 3.46. The van der Waals surface area contributed by atoms with Gasteiger partial charge >= 0.3 is 5.97 Å². The van der Waals surface area contributed by atoms with E-state index < -0.39 is 5.97 Å². The molecule has 0 bridgehead atoms. The molecule has 1 aromatic rings. The Balaban J connectivity index is 3.13. The van der Waals surface area contributed by atoms with Crippen molar-refractivity contribution in [3.05, 3.63) is 41.5 Å². The molecule has 0 aromatic heterocycles. The van der Waals surface area contributed by atoms with E-state index in [1.54, 1.807) is 0 Å². The molecule has 0 aliphatic heterocycles. The Bertz CT molecular complexity index is 364. The summed E-state index contributed by atoms with van der Waals surface area (Å²) in [5.74, 6) is -0.884. The molecule has 1 rings (SSSR count). The van der Waals surface area contributed by atoms with Gasteiger partial charge in [-0.15, -0.1) is 0 Å². The lowest BCUT2D eigenvalue weighted by Gasteiger charge is -2.07. The summed E-state index contributed by atoms with van der Waals surface area (Å²) in [7, 11) is 0. The molecule has 1 N–H and O–H groups in total. The number of aliphatic carboxylic acids is 1. The summed E-state index contributed by atoms with van der Waals surface area (Å²) in [5.41, 5.74) is 3.01. The zero-order valence-corrected chi connectivity index (χ0v) is 8.45. The number of carbonyl (C=O) groups is 1. The third-order valence-corrected chi connectivity index (χ3v) is 2.17. The third-order valence-electron chi connectivity index (χ3n) is 2.17. The van der Waals surface area contributed by atoms with Crippen LogP contribution in [0.3, 0.4) is 0 Å². The lowest BCUT2D eigenvalue weighted by Crippen LogP contribution is -1.93. The van der Waals surface area contributed by atoms with Crippen LogP contribution in [0.2, 0.25) is 0 Å². The molecule has 0 atom stereocenters. The Labute approximate surface area is 83.9 Å². The van der Waals surface area contributed by atoms with E-state index in [1.165, 1.54) is 6.08 Å². The normalized spacial score (nSPS) is 11.4. The lowest BCUT2D eigenvalue weighted by molar-refractivity contribution is -0.131. The first-order valence-corrected chi connectivity index (χ1v) is 4.64. The number of aryl methyl sites for hydroxylation is 1. The molecule has 0 saturated carbocycles.